The summed E-state index contributed by atoms with van der Waals surface area (Å²) in [6.45, 7) is 9.54. The second-order valence-corrected chi connectivity index (χ2v) is 5.77. The fourth-order valence-electron chi connectivity index (χ4n) is 1.65. The molecule has 0 spiro atoms. The van der Waals surface area contributed by atoms with Gasteiger partial charge >= 0.3 is 0 Å². The molecule has 0 aliphatic rings. The molecule has 1 amide bonds. The van der Waals surface area contributed by atoms with Gasteiger partial charge in [-0.1, -0.05) is 6.07 Å². The van der Waals surface area contributed by atoms with E-state index < -0.39 is 6.04 Å². The minimum absolute atomic E-state index is 0.0853. The van der Waals surface area contributed by atoms with Crippen molar-refractivity contribution in [3.63, 3.8) is 0 Å². The van der Waals surface area contributed by atoms with Crippen LogP contribution in [0.4, 0.5) is 5.69 Å². The molecule has 0 heterocycles. The fraction of sp³-hybridized carbons (Fsp3) is 0.467. The molecule has 2 N–H and O–H groups in total. The minimum Gasteiger partial charge on any atom is -0.373 e. The van der Waals surface area contributed by atoms with Crippen LogP contribution in [0.5, 0.6) is 0 Å². The molecule has 1 aromatic carbocycles. The van der Waals surface area contributed by atoms with Crippen LogP contribution in [-0.4, -0.2) is 17.5 Å². The molecule has 0 saturated carbocycles. The molecule has 19 heavy (non-hydrogen) atoms. The molecule has 0 fully saturated rings. The number of carbonyl (C=O) groups is 1. The fourth-order valence-corrected chi connectivity index (χ4v) is 1.65. The highest BCUT2D eigenvalue weighted by atomic mass is 16.2. The zero-order valence-electron chi connectivity index (χ0n) is 12.2. The number of aryl methyl sites for hydroxylation is 1. The quantitative estimate of drug-likeness (QED) is 0.877. The predicted octanol–water partition coefficient (Wildman–Crippen LogP) is 2.58. The number of rotatable bonds is 3. The summed E-state index contributed by atoms with van der Waals surface area (Å²) in [6.07, 6.45) is 0. The van der Waals surface area contributed by atoms with E-state index in [2.05, 4.69) is 16.7 Å². The van der Waals surface area contributed by atoms with Gasteiger partial charge in [-0.25, -0.2) is 0 Å². The zero-order chi connectivity index (χ0) is 14.6. The van der Waals surface area contributed by atoms with Crippen LogP contribution in [0.2, 0.25) is 0 Å². The lowest BCUT2D eigenvalue weighted by molar-refractivity contribution is -0.122. The summed E-state index contributed by atoms with van der Waals surface area (Å²) in [4.78, 5) is 12.0. The minimum atomic E-state index is -0.395. The maximum Gasteiger partial charge on any atom is 0.242 e. The first kappa shape index (κ1) is 15.0. The van der Waals surface area contributed by atoms with Crippen molar-refractivity contribution in [2.24, 2.45) is 0 Å². The van der Waals surface area contributed by atoms with E-state index in [9.17, 15) is 4.79 Å². The highest BCUT2D eigenvalue weighted by molar-refractivity contribution is 5.85. The van der Waals surface area contributed by atoms with Crippen molar-refractivity contribution < 1.29 is 4.79 Å². The van der Waals surface area contributed by atoms with Crippen molar-refractivity contribution in [2.75, 3.05) is 5.32 Å². The van der Waals surface area contributed by atoms with Crippen molar-refractivity contribution in [3.8, 4) is 6.07 Å². The first-order valence-electron chi connectivity index (χ1n) is 6.32. The van der Waals surface area contributed by atoms with E-state index in [1.165, 1.54) is 0 Å². The maximum absolute atomic E-state index is 12.0. The number of benzene rings is 1. The summed E-state index contributed by atoms with van der Waals surface area (Å²) < 4.78 is 0. The Bertz CT molecular complexity index is 509. The largest absolute Gasteiger partial charge is 0.373 e. The SMILES string of the molecule is Cc1ccc(C#N)c(NC(C)C(=O)NC(C)(C)C)c1. The molecule has 1 atom stereocenters. The molecule has 0 radical (unpaired) electrons. The third-order valence-electron chi connectivity index (χ3n) is 2.56. The van der Waals surface area contributed by atoms with E-state index >= 15 is 0 Å². The van der Waals surface area contributed by atoms with E-state index in [1.807, 2.05) is 39.8 Å². The van der Waals surface area contributed by atoms with Gasteiger partial charge in [0.2, 0.25) is 5.91 Å². The third kappa shape index (κ3) is 4.63. The number of hydrogen-bond donors (Lipinski definition) is 2. The van der Waals surface area contributed by atoms with Crippen molar-refractivity contribution in [2.45, 2.75) is 46.2 Å². The number of nitriles is 1. The summed E-state index contributed by atoms with van der Waals surface area (Å²) in [5, 5.41) is 15.1. The molecular weight excluding hydrogens is 238 g/mol. The van der Waals surface area contributed by atoms with Crippen LogP contribution in [0.1, 0.15) is 38.8 Å². The summed E-state index contributed by atoms with van der Waals surface area (Å²) in [7, 11) is 0. The Balaban J connectivity index is 2.83. The van der Waals surface area contributed by atoms with Gasteiger partial charge in [0.25, 0.3) is 0 Å². The molecule has 1 aromatic rings. The lowest BCUT2D eigenvalue weighted by Gasteiger charge is -2.24. The standard InChI is InChI=1S/C15H21N3O/c1-10-6-7-12(9-16)13(8-10)17-11(2)14(19)18-15(3,4)5/h6-8,11,17H,1-5H3,(H,18,19). The molecule has 102 valence electrons. The lowest BCUT2D eigenvalue weighted by Crippen LogP contribution is -2.47. The van der Waals surface area contributed by atoms with Crippen LogP contribution >= 0.6 is 0 Å². The van der Waals surface area contributed by atoms with E-state index in [0.29, 0.717) is 11.3 Å². The van der Waals surface area contributed by atoms with Gasteiger partial charge in [0.05, 0.1) is 11.3 Å². The van der Waals surface area contributed by atoms with Crippen molar-refractivity contribution in [1.29, 1.82) is 5.26 Å². The number of carbonyl (C=O) groups excluding carboxylic acids is 1. The van der Waals surface area contributed by atoms with Crippen LogP contribution in [0.3, 0.4) is 0 Å². The first-order chi connectivity index (χ1) is 8.73. The number of nitrogens with zero attached hydrogens (tertiary/aromatic N) is 1. The van der Waals surface area contributed by atoms with Crippen molar-refractivity contribution in [3.05, 3.63) is 29.3 Å². The number of amides is 1. The van der Waals surface area contributed by atoms with E-state index in [0.717, 1.165) is 5.56 Å². The molecule has 1 rings (SSSR count). The van der Waals surface area contributed by atoms with Crippen molar-refractivity contribution in [1.82, 2.24) is 5.32 Å². The summed E-state index contributed by atoms with van der Waals surface area (Å²) >= 11 is 0. The molecule has 0 aromatic heterocycles. The van der Waals surface area contributed by atoms with Crippen LogP contribution in [0.25, 0.3) is 0 Å². The zero-order valence-corrected chi connectivity index (χ0v) is 12.2. The number of hydrogen-bond acceptors (Lipinski definition) is 3. The topological polar surface area (TPSA) is 64.9 Å². The Morgan fingerprint density at radius 3 is 2.53 bits per heavy atom. The highest BCUT2D eigenvalue weighted by Crippen LogP contribution is 2.17. The summed E-state index contributed by atoms with van der Waals surface area (Å²) in [5.41, 5.74) is 2.02. The maximum atomic E-state index is 12.0. The van der Waals surface area contributed by atoms with Gasteiger partial charge in [0.1, 0.15) is 12.1 Å². The van der Waals surface area contributed by atoms with Gasteiger partial charge in [-0.3, -0.25) is 4.79 Å². The molecule has 1 unspecified atom stereocenters. The van der Waals surface area contributed by atoms with E-state index in [1.54, 1.807) is 13.0 Å². The Hall–Kier alpha value is -2.02. The van der Waals surface area contributed by atoms with E-state index in [-0.39, 0.29) is 11.4 Å². The van der Waals surface area contributed by atoms with Gasteiger partial charge in [-0.2, -0.15) is 5.26 Å². The highest BCUT2D eigenvalue weighted by Gasteiger charge is 2.19. The van der Waals surface area contributed by atoms with Crippen LogP contribution in [0.15, 0.2) is 18.2 Å². The van der Waals surface area contributed by atoms with Crippen LogP contribution < -0.4 is 10.6 Å². The average molecular weight is 259 g/mol. The predicted molar refractivity (Wildman–Crippen MR) is 76.9 cm³/mol. The number of anilines is 1. The molecular formula is C15H21N3O. The summed E-state index contributed by atoms with van der Waals surface area (Å²) in [6, 6.07) is 7.23. The van der Waals surface area contributed by atoms with Crippen molar-refractivity contribution >= 4 is 11.6 Å². The Morgan fingerprint density at radius 1 is 1.37 bits per heavy atom. The van der Waals surface area contributed by atoms with Gasteiger partial charge in [0.15, 0.2) is 0 Å². The van der Waals surface area contributed by atoms with Gasteiger partial charge in [-0.05, 0) is 52.3 Å². The number of nitrogens with one attached hydrogen (secondary N) is 2. The average Bonchev–Trinajstić information content (AvgIpc) is 2.27. The van der Waals surface area contributed by atoms with Gasteiger partial charge < -0.3 is 10.6 Å². The Morgan fingerprint density at radius 2 is 2.00 bits per heavy atom. The molecule has 0 bridgehead atoms. The second-order valence-electron chi connectivity index (χ2n) is 5.77. The molecule has 0 saturated heterocycles. The normalized spacial score (nSPS) is 12.4. The Kier molecular flexibility index (Phi) is 4.55. The monoisotopic (exact) mass is 259 g/mol. The smallest absolute Gasteiger partial charge is 0.242 e. The Labute approximate surface area is 114 Å². The molecule has 0 aliphatic heterocycles. The van der Waals surface area contributed by atoms with E-state index in [4.69, 9.17) is 5.26 Å². The van der Waals surface area contributed by atoms with Gasteiger partial charge in [0, 0.05) is 5.54 Å². The molecule has 0 aliphatic carbocycles. The van der Waals surface area contributed by atoms with Crippen LogP contribution in [0, 0.1) is 18.3 Å². The third-order valence-corrected chi connectivity index (χ3v) is 2.56. The first-order valence-corrected chi connectivity index (χ1v) is 6.32. The molecule has 4 heteroatoms. The van der Waals surface area contributed by atoms with Crippen LogP contribution in [-0.2, 0) is 4.79 Å². The molecule has 4 nitrogen and oxygen atoms in total. The van der Waals surface area contributed by atoms with Gasteiger partial charge in [-0.15, -0.1) is 0 Å². The second kappa shape index (κ2) is 5.75. The summed E-state index contributed by atoms with van der Waals surface area (Å²) in [5.74, 6) is -0.0853. The lowest BCUT2D eigenvalue weighted by atomic mass is 10.1.